The van der Waals surface area contributed by atoms with Gasteiger partial charge in [-0.15, -0.1) is 11.3 Å². The summed E-state index contributed by atoms with van der Waals surface area (Å²) in [5.74, 6) is 1.78. The number of nitrogens with one attached hydrogen (secondary N) is 2. The molecule has 6 nitrogen and oxygen atoms in total. The Kier molecular flexibility index (Phi) is 5.50. The summed E-state index contributed by atoms with van der Waals surface area (Å²) in [6, 6.07) is 8.43. The maximum atomic E-state index is 12.3. The molecule has 0 unspecified atom stereocenters. The second-order valence-corrected chi connectivity index (χ2v) is 8.01. The Morgan fingerprint density at radius 1 is 1.33 bits per heavy atom. The summed E-state index contributed by atoms with van der Waals surface area (Å²) in [4.78, 5) is 16.9. The fourth-order valence-corrected chi connectivity index (χ4v) is 4.62. The number of nitrogens with zero attached hydrogens (tertiary/aromatic N) is 3. The highest BCUT2D eigenvalue weighted by Crippen LogP contribution is 2.27. The highest BCUT2D eigenvalue weighted by Gasteiger charge is 2.21. The fraction of sp³-hybridized carbons (Fsp3) is 0.450. The molecule has 3 heterocycles. The molecule has 7 heteroatoms. The topological polar surface area (TPSA) is 71.8 Å². The third-order valence-electron chi connectivity index (χ3n) is 5.15. The van der Waals surface area contributed by atoms with E-state index in [1.807, 2.05) is 7.05 Å². The van der Waals surface area contributed by atoms with E-state index in [4.69, 9.17) is 0 Å². The SMILES string of the molecule is Cn1nc(C2CCNCC2)nc1NC(=O)CCCc1csc2ccccc12. The van der Waals surface area contributed by atoms with Crippen LogP contribution in [0.5, 0.6) is 0 Å². The van der Waals surface area contributed by atoms with Crippen LogP contribution in [0.1, 0.15) is 43.0 Å². The lowest BCUT2D eigenvalue weighted by molar-refractivity contribution is -0.116. The minimum absolute atomic E-state index is 0.00176. The monoisotopic (exact) mass is 383 g/mol. The van der Waals surface area contributed by atoms with Gasteiger partial charge in [0.15, 0.2) is 5.82 Å². The van der Waals surface area contributed by atoms with E-state index in [0.29, 0.717) is 18.3 Å². The number of piperidine rings is 1. The highest BCUT2D eigenvalue weighted by molar-refractivity contribution is 7.17. The van der Waals surface area contributed by atoms with E-state index in [2.05, 4.69) is 50.4 Å². The van der Waals surface area contributed by atoms with Crippen LogP contribution in [-0.2, 0) is 18.3 Å². The lowest BCUT2D eigenvalue weighted by Gasteiger charge is -2.19. The number of carbonyl (C=O) groups is 1. The molecular formula is C20H25N5OS. The number of anilines is 1. The number of hydrogen-bond donors (Lipinski definition) is 2. The van der Waals surface area contributed by atoms with Gasteiger partial charge in [-0.1, -0.05) is 18.2 Å². The minimum Gasteiger partial charge on any atom is -0.317 e. The van der Waals surface area contributed by atoms with Gasteiger partial charge in [0.1, 0.15) is 0 Å². The zero-order valence-electron chi connectivity index (χ0n) is 15.6. The summed E-state index contributed by atoms with van der Waals surface area (Å²) in [6.45, 7) is 2.00. The van der Waals surface area contributed by atoms with Crippen molar-refractivity contribution in [3.8, 4) is 0 Å². The summed E-state index contributed by atoms with van der Waals surface area (Å²) >= 11 is 1.77. The molecule has 0 radical (unpaired) electrons. The maximum absolute atomic E-state index is 12.3. The average Bonchev–Trinajstić information content (AvgIpc) is 3.27. The van der Waals surface area contributed by atoms with Crippen LogP contribution in [0, 0.1) is 0 Å². The number of carbonyl (C=O) groups excluding carboxylic acids is 1. The van der Waals surface area contributed by atoms with Gasteiger partial charge in [-0.05, 0) is 61.2 Å². The van der Waals surface area contributed by atoms with Crippen LogP contribution in [0.4, 0.5) is 5.95 Å². The van der Waals surface area contributed by atoms with Crippen molar-refractivity contribution in [3.63, 3.8) is 0 Å². The average molecular weight is 384 g/mol. The van der Waals surface area contributed by atoms with Crippen molar-refractivity contribution in [2.24, 2.45) is 7.05 Å². The van der Waals surface area contributed by atoms with Gasteiger partial charge >= 0.3 is 0 Å². The van der Waals surface area contributed by atoms with E-state index >= 15 is 0 Å². The molecule has 1 saturated heterocycles. The quantitative estimate of drug-likeness (QED) is 0.684. The first-order valence-corrected chi connectivity index (χ1v) is 10.5. The Labute approximate surface area is 163 Å². The number of benzene rings is 1. The van der Waals surface area contributed by atoms with Crippen LogP contribution in [0.15, 0.2) is 29.6 Å². The predicted molar refractivity (Wildman–Crippen MR) is 109 cm³/mol. The van der Waals surface area contributed by atoms with Gasteiger partial charge < -0.3 is 5.32 Å². The number of thiophene rings is 1. The van der Waals surface area contributed by atoms with Crippen molar-refractivity contribution in [1.29, 1.82) is 0 Å². The van der Waals surface area contributed by atoms with Gasteiger partial charge in [-0.25, -0.2) is 4.68 Å². The van der Waals surface area contributed by atoms with E-state index in [9.17, 15) is 4.79 Å². The standard InChI is InChI=1S/C20H25N5OS/c1-25-20(23-19(24-25)14-9-11-21-12-10-14)22-18(26)8-4-5-15-13-27-17-7-3-2-6-16(15)17/h2-3,6-7,13-14,21H,4-5,8-12H2,1H3,(H,22,23,24,26). The molecule has 1 fully saturated rings. The first-order valence-electron chi connectivity index (χ1n) is 9.57. The first-order chi connectivity index (χ1) is 13.2. The van der Waals surface area contributed by atoms with Crippen molar-refractivity contribution < 1.29 is 4.79 Å². The molecule has 27 heavy (non-hydrogen) atoms. The third kappa shape index (κ3) is 4.20. The Balaban J connectivity index is 1.31. The molecule has 1 amide bonds. The number of rotatable bonds is 6. The third-order valence-corrected chi connectivity index (χ3v) is 6.16. The largest absolute Gasteiger partial charge is 0.317 e. The molecular weight excluding hydrogens is 358 g/mol. The second kappa shape index (κ2) is 8.19. The molecule has 1 aliphatic heterocycles. The van der Waals surface area contributed by atoms with Gasteiger partial charge in [-0.2, -0.15) is 10.1 Å². The summed E-state index contributed by atoms with van der Waals surface area (Å²) in [5.41, 5.74) is 1.33. The number of aryl methyl sites for hydroxylation is 2. The minimum atomic E-state index is 0.00176. The smallest absolute Gasteiger partial charge is 0.227 e. The van der Waals surface area contributed by atoms with E-state index < -0.39 is 0 Å². The van der Waals surface area contributed by atoms with Gasteiger partial charge in [0, 0.05) is 24.1 Å². The van der Waals surface area contributed by atoms with Crippen molar-refractivity contribution >= 4 is 33.3 Å². The van der Waals surface area contributed by atoms with Crippen molar-refractivity contribution in [3.05, 3.63) is 41.0 Å². The van der Waals surface area contributed by atoms with Crippen molar-refractivity contribution in [1.82, 2.24) is 20.1 Å². The van der Waals surface area contributed by atoms with E-state index in [1.54, 1.807) is 16.0 Å². The lowest BCUT2D eigenvalue weighted by atomic mass is 9.98. The summed E-state index contributed by atoms with van der Waals surface area (Å²) < 4.78 is 2.99. The van der Waals surface area contributed by atoms with Crippen LogP contribution in [0.2, 0.25) is 0 Å². The molecule has 0 atom stereocenters. The van der Waals surface area contributed by atoms with Crippen LogP contribution in [-0.4, -0.2) is 33.8 Å². The summed E-state index contributed by atoms with van der Waals surface area (Å²) in [6.07, 6.45) is 4.32. The van der Waals surface area contributed by atoms with Crippen LogP contribution < -0.4 is 10.6 Å². The molecule has 0 bridgehead atoms. The van der Waals surface area contributed by atoms with Gasteiger partial charge in [-0.3, -0.25) is 10.1 Å². The molecule has 2 aromatic heterocycles. The number of hydrogen-bond acceptors (Lipinski definition) is 5. The molecule has 1 aliphatic rings. The molecule has 3 aromatic rings. The van der Waals surface area contributed by atoms with Crippen LogP contribution in [0.3, 0.4) is 0 Å². The summed E-state index contributed by atoms with van der Waals surface area (Å²) in [7, 11) is 1.84. The maximum Gasteiger partial charge on any atom is 0.227 e. The zero-order chi connectivity index (χ0) is 18.6. The van der Waals surface area contributed by atoms with E-state index in [0.717, 1.165) is 44.6 Å². The highest BCUT2D eigenvalue weighted by atomic mass is 32.1. The zero-order valence-corrected chi connectivity index (χ0v) is 16.4. The van der Waals surface area contributed by atoms with Gasteiger partial charge in [0.25, 0.3) is 0 Å². The van der Waals surface area contributed by atoms with E-state index in [1.165, 1.54) is 15.6 Å². The summed E-state index contributed by atoms with van der Waals surface area (Å²) in [5, 5.41) is 14.3. The first kappa shape index (κ1) is 18.1. The number of fused-ring (bicyclic) bond motifs is 1. The van der Waals surface area contributed by atoms with Crippen molar-refractivity contribution in [2.75, 3.05) is 18.4 Å². The molecule has 0 saturated carbocycles. The molecule has 4 rings (SSSR count). The van der Waals surface area contributed by atoms with Gasteiger partial charge in [0.2, 0.25) is 11.9 Å². The van der Waals surface area contributed by atoms with Gasteiger partial charge in [0.05, 0.1) is 0 Å². The number of aromatic nitrogens is 3. The Morgan fingerprint density at radius 3 is 3.00 bits per heavy atom. The predicted octanol–water partition coefficient (Wildman–Crippen LogP) is 3.46. The molecule has 142 valence electrons. The van der Waals surface area contributed by atoms with Crippen LogP contribution in [0.25, 0.3) is 10.1 Å². The normalized spacial score (nSPS) is 15.3. The Bertz CT molecular complexity index is 925. The molecule has 0 aliphatic carbocycles. The Morgan fingerprint density at radius 2 is 2.15 bits per heavy atom. The molecule has 2 N–H and O–H groups in total. The number of amides is 1. The fourth-order valence-electron chi connectivity index (χ4n) is 3.62. The Hall–Kier alpha value is -2.25. The van der Waals surface area contributed by atoms with E-state index in [-0.39, 0.29) is 5.91 Å². The lowest BCUT2D eigenvalue weighted by Crippen LogP contribution is -2.27. The van der Waals surface area contributed by atoms with Crippen LogP contribution >= 0.6 is 11.3 Å². The second-order valence-electron chi connectivity index (χ2n) is 7.10. The molecule has 1 aromatic carbocycles. The van der Waals surface area contributed by atoms with Crippen molar-refractivity contribution in [2.45, 2.75) is 38.0 Å². The molecule has 0 spiro atoms.